The second-order valence-corrected chi connectivity index (χ2v) is 8.67. The van der Waals surface area contributed by atoms with E-state index in [0.717, 1.165) is 45.1 Å². The lowest BCUT2D eigenvalue weighted by Gasteiger charge is -2.26. The number of benzene rings is 5. The minimum Gasteiger partial charge on any atom is -0.497 e. The Morgan fingerprint density at radius 2 is 1.22 bits per heavy atom. The summed E-state index contributed by atoms with van der Waals surface area (Å²) < 4.78 is 10.8. The van der Waals surface area contributed by atoms with Gasteiger partial charge in [-0.05, 0) is 99.4 Å². The third kappa shape index (κ3) is 4.60. The molecule has 0 saturated carbocycles. The minimum absolute atomic E-state index is 0.819. The number of anilines is 3. The van der Waals surface area contributed by atoms with Crippen LogP contribution in [0.5, 0.6) is 11.5 Å². The first-order chi connectivity index (χ1) is 18.2. The highest BCUT2D eigenvalue weighted by Gasteiger charge is 2.15. The van der Waals surface area contributed by atoms with Gasteiger partial charge in [0.1, 0.15) is 11.5 Å². The van der Waals surface area contributed by atoms with E-state index in [9.17, 15) is 0 Å². The molecule has 0 radical (unpaired) electrons. The monoisotopic (exact) mass is 483 g/mol. The number of hydrogen-bond donors (Lipinski definition) is 0. The maximum Gasteiger partial charge on any atom is 0.119 e. The first-order valence-corrected chi connectivity index (χ1v) is 12.2. The van der Waals surface area contributed by atoms with E-state index < -0.39 is 0 Å². The van der Waals surface area contributed by atoms with E-state index in [-0.39, 0.29) is 0 Å². The Kier molecular flexibility index (Phi) is 6.78. The summed E-state index contributed by atoms with van der Waals surface area (Å²) in [5.74, 6) is 1.64. The lowest BCUT2D eigenvalue weighted by molar-refractivity contribution is 0.415. The first-order valence-electron chi connectivity index (χ1n) is 12.2. The molecule has 5 aromatic carbocycles. The van der Waals surface area contributed by atoms with Gasteiger partial charge < -0.3 is 14.4 Å². The van der Waals surface area contributed by atoms with Crippen molar-refractivity contribution >= 4 is 44.2 Å². The van der Waals surface area contributed by atoms with Gasteiger partial charge in [0.2, 0.25) is 0 Å². The summed E-state index contributed by atoms with van der Waals surface area (Å²) in [5, 5.41) is 4.75. The summed E-state index contributed by atoms with van der Waals surface area (Å²) in [6.45, 7) is 7.95. The van der Waals surface area contributed by atoms with Crippen LogP contribution in [0.2, 0.25) is 0 Å². The van der Waals surface area contributed by atoms with Crippen molar-refractivity contribution in [3.8, 4) is 11.5 Å². The molecule has 0 unspecified atom stereocenters. The molecule has 182 valence electrons. The van der Waals surface area contributed by atoms with Crippen LogP contribution in [0.25, 0.3) is 27.1 Å². The van der Waals surface area contributed by atoms with Crippen LogP contribution in [0.3, 0.4) is 0 Å². The molecular weight excluding hydrogens is 454 g/mol. The number of fused-ring (bicyclic) bond motifs is 3. The molecule has 0 heterocycles. The summed E-state index contributed by atoms with van der Waals surface area (Å²) >= 11 is 0. The molecule has 5 aromatic rings. The molecule has 0 aromatic heterocycles. The molecule has 0 saturated heterocycles. The van der Waals surface area contributed by atoms with Gasteiger partial charge in [0.15, 0.2) is 0 Å². The van der Waals surface area contributed by atoms with E-state index in [1.807, 2.05) is 42.5 Å². The molecule has 0 bridgehead atoms. The van der Waals surface area contributed by atoms with Gasteiger partial charge in [-0.15, -0.1) is 0 Å². The summed E-state index contributed by atoms with van der Waals surface area (Å²) in [7, 11) is 3.36. The number of rotatable bonds is 8. The third-order valence-electron chi connectivity index (χ3n) is 6.59. The standard InChI is InChI=1S/C34H29NO2/c1-5-9-24(6-2)34-23-25-22-28(16-21-31(25)32-10-7-8-11-33(32)34)35(26-12-17-29(36-3)18-13-26)27-14-19-30(37-4)20-15-27/h5-23H,1-2H2,3-4H3/b24-9+. The van der Waals surface area contributed by atoms with Crippen molar-refractivity contribution in [1.29, 1.82) is 0 Å². The van der Waals surface area contributed by atoms with Crippen LogP contribution in [0.4, 0.5) is 17.1 Å². The topological polar surface area (TPSA) is 21.7 Å². The highest BCUT2D eigenvalue weighted by atomic mass is 16.5. The largest absolute Gasteiger partial charge is 0.497 e. The van der Waals surface area contributed by atoms with E-state index >= 15 is 0 Å². The second-order valence-electron chi connectivity index (χ2n) is 8.67. The van der Waals surface area contributed by atoms with E-state index in [0.29, 0.717) is 0 Å². The van der Waals surface area contributed by atoms with Crippen molar-refractivity contribution < 1.29 is 9.47 Å². The molecule has 0 aliphatic heterocycles. The Hall–Kier alpha value is -4.76. The second kappa shape index (κ2) is 10.5. The van der Waals surface area contributed by atoms with Crippen molar-refractivity contribution in [1.82, 2.24) is 0 Å². The van der Waals surface area contributed by atoms with Crippen molar-refractivity contribution in [2.75, 3.05) is 19.1 Å². The van der Waals surface area contributed by atoms with Gasteiger partial charge in [-0.3, -0.25) is 0 Å². The zero-order chi connectivity index (χ0) is 25.8. The number of hydrogen-bond acceptors (Lipinski definition) is 3. The predicted molar refractivity (Wildman–Crippen MR) is 158 cm³/mol. The van der Waals surface area contributed by atoms with E-state index in [4.69, 9.17) is 9.47 Å². The van der Waals surface area contributed by atoms with Crippen LogP contribution in [0.1, 0.15) is 5.56 Å². The normalized spacial score (nSPS) is 11.4. The quantitative estimate of drug-likeness (QED) is 0.162. The first kappa shape index (κ1) is 24.0. The van der Waals surface area contributed by atoms with Crippen molar-refractivity contribution in [2.45, 2.75) is 0 Å². The molecular formula is C34H29NO2. The van der Waals surface area contributed by atoms with Crippen LogP contribution < -0.4 is 14.4 Å². The van der Waals surface area contributed by atoms with Crippen LogP contribution in [-0.2, 0) is 0 Å². The van der Waals surface area contributed by atoms with Crippen molar-refractivity contribution in [3.05, 3.63) is 134 Å². The summed E-state index contributed by atoms with van der Waals surface area (Å²) in [6.07, 6.45) is 5.70. The van der Waals surface area contributed by atoms with Gasteiger partial charge in [0, 0.05) is 17.1 Å². The van der Waals surface area contributed by atoms with Gasteiger partial charge in [0.05, 0.1) is 14.2 Å². The van der Waals surface area contributed by atoms with Crippen LogP contribution in [0.15, 0.2) is 128 Å². The average molecular weight is 484 g/mol. The van der Waals surface area contributed by atoms with Gasteiger partial charge in [-0.2, -0.15) is 0 Å². The van der Waals surface area contributed by atoms with Gasteiger partial charge in [-0.25, -0.2) is 0 Å². The predicted octanol–water partition coefficient (Wildman–Crippen LogP) is 9.24. The molecule has 0 amide bonds. The van der Waals surface area contributed by atoms with Crippen molar-refractivity contribution in [2.24, 2.45) is 0 Å². The van der Waals surface area contributed by atoms with Gasteiger partial charge in [-0.1, -0.05) is 61.7 Å². The molecule has 0 fully saturated rings. The molecule has 0 spiro atoms. The molecule has 3 nitrogen and oxygen atoms in total. The average Bonchev–Trinajstić information content (AvgIpc) is 2.96. The molecule has 3 heteroatoms. The highest BCUT2D eigenvalue weighted by molar-refractivity contribution is 6.13. The summed E-state index contributed by atoms with van der Waals surface area (Å²) in [6, 6.07) is 33.6. The Morgan fingerprint density at radius 3 is 1.76 bits per heavy atom. The molecule has 0 atom stereocenters. The van der Waals surface area contributed by atoms with E-state index in [1.54, 1.807) is 14.2 Å². The lowest BCUT2D eigenvalue weighted by Crippen LogP contribution is -2.10. The Morgan fingerprint density at radius 1 is 0.649 bits per heavy atom. The van der Waals surface area contributed by atoms with Gasteiger partial charge >= 0.3 is 0 Å². The number of methoxy groups -OCH3 is 2. The van der Waals surface area contributed by atoms with Crippen molar-refractivity contribution in [3.63, 3.8) is 0 Å². The SMILES string of the molecule is C=C/C=C(\C=C)c1cc2cc(N(c3ccc(OC)cc3)c3ccc(OC)cc3)ccc2c2ccccc12. The Bertz CT molecular complexity index is 1570. The number of ether oxygens (including phenoxy) is 2. The van der Waals surface area contributed by atoms with E-state index in [2.05, 4.69) is 90.9 Å². The highest BCUT2D eigenvalue weighted by Crippen LogP contribution is 2.40. The smallest absolute Gasteiger partial charge is 0.119 e. The zero-order valence-electron chi connectivity index (χ0n) is 21.1. The molecule has 0 aliphatic carbocycles. The molecule has 37 heavy (non-hydrogen) atoms. The van der Waals surface area contributed by atoms with E-state index in [1.165, 1.54) is 16.2 Å². The fourth-order valence-corrected chi connectivity index (χ4v) is 4.78. The summed E-state index contributed by atoms with van der Waals surface area (Å²) in [4.78, 5) is 2.24. The van der Waals surface area contributed by atoms with Crippen LogP contribution in [-0.4, -0.2) is 14.2 Å². The zero-order valence-corrected chi connectivity index (χ0v) is 21.1. The van der Waals surface area contributed by atoms with Gasteiger partial charge in [0.25, 0.3) is 0 Å². The molecule has 0 aliphatic rings. The fraction of sp³-hybridized carbons (Fsp3) is 0.0588. The minimum atomic E-state index is 0.819. The maximum atomic E-state index is 5.40. The van der Waals surface area contributed by atoms with Crippen LogP contribution >= 0.6 is 0 Å². The number of allylic oxidation sites excluding steroid dienone is 4. The summed E-state index contributed by atoms with van der Waals surface area (Å²) in [5.41, 5.74) is 5.29. The Balaban J connectivity index is 1.74. The third-order valence-corrected chi connectivity index (χ3v) is 6.59. The number of nitrogens with zero attached hydrogens (tertiary/aromatic N) is 1. The lowest BCUT2D eigenvalue weighted by atomic mass is 9.92. The van der Waals surface area contributed by atoms with Crippen LogP contribution in [0, 0.1) is 0 Å². The molecule has 0 N–H and O–H groups in total. The molecule has 5 rings (SSSR count). The fourth-order valence-electron chi connectivity index (χ4n) is 4.78. The Labute approximate surface area is 218 Å². The maximum absolute atomic E-state index is 5.40.